The molecule has 0 aliphatic carbocycles. The van der Waals surface area contributed by atoms with E-state index in [9.17, 15) is 0 Å². The lowest BCUT2D eigenvalue weighted by molar-refractivity contribution is 0.765. The molecule has 1 N–H and O–H groups in total. The molecule has 0 amide bonds. The smallest absolute Gasteiger partial charge is 0.123 e. The van der Waals surface area contributed by atoms with Gasteiger partial charge in [0, 0.05) is 41.6 Å². The lowest BCUT2D eigenvalue weighted by Crippen LogP contribution is -2.05. The molecule has 5 heteroatoms. The molecule has 0 fully saturated rings. The highest BCUT2D eigenvalue weighted by molar-refractivity contribution is 7.13. The number of nitrogens with zero attached hydrogens (tertiary/aromatic N) is 3. The predicted molar refractivity (Wildman–Crippen MR) is 82.8 cm³/mol. The van der Waals surface area contributed by atoms with Gasteiger partial charge >= 0.3 is 0 Å². The lowest BCUT2D eigenvalue weighted by Gasteiger charge is -2.14. The van der Waals surface area contributed by atoms with Crippen LogP contribution in [0, 0.1) is 0 Å². The molecule has 0 radical (unpaired) electrons. The maximum absolute atomic E-state index is 4.35. The average Bonchev–Trinajstić information content (AvgIpc) is 3.10. The van der Waals surface area contributed by atoms with Crippen molar-refractivity contribution in [3.8, 4) is 10.6 Å². The summed E-state index contributed by atoms with van der Waals surface area (Å²) < 4.78 is 1.82. The summed E-state index contributed by atoms with van der Waals surface area (Å²) in [4.78, 5) is 4.35. The molecule has 0 bridgehead atoms. The molecule has 1 atom stereocenters. The summed E-state index contributed by atoms with van der Waals surface area (Å²) in [7, 11) is 1.93. The van der Waals surface area contributed by atoms with Crippen molar-refractivity contribution in [1.82, 2.24) is 14.8 Å². The normalized spacial score (nSPS) is 12.3. The van der Waals surface area contributed by atoms with Crippen LogP contribution < -0.4 is 5.32 Å². The van der Waals surface area contributed by atoms with E-state index in [1.807, 2.05) is 35.7 Å². The highest BCUT2D eigenvalue weighted by atomic mass is 32.1. The topological polar surface area (TPSA) is 42.7 Å². The van der Waals surface area contributed by atoms with Crippen LogP contribution in [0.2, 0.25) is 0 Å². The van der Waals surface area contributed by atoms with Crippen LogP contribution >= 0.6 is 11.3 Å². The van der Waals surface area contributed by atoms with Gasteiger partial charge in [0.05, 0.1) is 12.2 Å². The molecule has 102 valence electrons. The van der Waals surface area contributed by atoms with E-state index in [1.165, 1.54) is 5.56 Å². The number of nitrogens with one attached hydrogen (secondary N) is 1. The lowest BCUT2D eigenvalue weighted by atomic mass is 10.1. The van der Waals surface area contributed by atoms with Crippen molar-refractivity contribution in [3.63, 3.8) is 0 Å². The molecule has 2 aromatic heterocycles. The molecule has 3 aromatic rings. The molecule has 0 saturated carbocycles. The third-order valence-electron chi connectivity index (χ3n) is 3.15. The van der Waals surface area contributed by atoms with E-state index in [4.69, 9.17) is 0 Å². The first-order valence-corrected chi connectivity index (χ1v) is 7.35. The Bertz CT molecular complexity index is 687. The summed E-state index contributed by atoms with van der Waals surface area (Å²) in [6.07, 6.45) is 5.75. The van der Waals surface area contributed by atoms with Gasteiger partial charge in [-0.2, -0.15) is 5.10 Å². The van der Waals surface area contributed by atoms with E-state index in [-0.39, 0.29) is 6.04 Å². The molecule has 1 unspecified atom stereocenters. The molecular weight excluding hydrogens is 268 g/mol. The summed E-state index contributed by atoms with van der Waals surface area (Å²) >= 11 is 1.65. The van der Waals surface area contributed by atoms with Crippen LogP contribution in [0.5, 0.6) is 0 Å². The Kier molecular flexibility index (Phi) is 3.52. The van der Waals surface area contributed by atoms with E-state index < -0.39 is 0 Å². The van der Waals surface area contributed by atoms with Gasteiger partial charge in [0.15, 0.2) is 0 Å². The molecule has 4 nitrogen and oxygen atoms in total. The van der Waals surface area contributed by atoms with Gasteiger partial charge in [-0.25, -0.2) is 4.98 Å². The van der Waals surface area contributed by atoms with Crippen LogP contribution in [0.25, 0.3) is 10.6 Å². The van der Waals surface area contributed by atoms with Crippen molar-refractivity contribution in [2.45, 2.75) is 13.0 Å². The second kappa shape index (κ2) is 5.46. The minimum atomic E-state index is 0.218. The fraction of sp³-hybridized carbons (Fsp3) is 0.200. The summed E-state index contributed by atoms with van der Waals surface area (Å²) in [5, 5.41) is 10.7. The number of benzene rings is 1. The first kappa shape index (κ1) is 12.9. The molecule has 0 aliphatic rings. The van der Waals surface area contributed by atoms with E-state index >= 15 is 0 Å². The highest BCUT2D eigenvalue weighted by Crippen LogP contribution is 2.26. The van der Waals surface area contributed by atoms with Gasteiger partial charge in [-0.15, -0.1) is 11.3 Å². The molecule has 20 heavy (non-hydrogen) atoms. The molecule has 0 spiro atoms. The summed E-state index contributed by atoms with van der Waals surface area (Å²) in [5.41, 5.74) is 3.41. The zero-order valence-electron chi connectivity index (χ0n) is 11.4. The summed E-state index contributed by atoms with van der Waals surface area (Å²) in [6, 6.07) is 8.55. The Morgan fingerprint density at radius 2 is 2.25 bits per heavy atom. The number of aromatic nitrogens is 3. The van der Waals surface area contributed by atoms with Crippen molar-refractivity contribution in [3.05, 3.63) is 53.8 Å². The SMILES string of the molecule is CC(Nc1cccc(-c2nccs2)c1)c1cnn(C)c1. The van der Waals surface area contributed by atoms with Crippen LogP contribution in [0.15, 0.2) is 48.2 Å². The standard InChI is InChI=1S/C15H16N4S/c1-11(13-9-17-19(2)10-13)18-14-5-3-4-12(8-14)15-16-6-7-20-15/h3-11,18H,1-2H3. The van der Waals surface area contributed by atoms with E-state index in [0.29, 0.717) is 0 Å². The maximum atomic E-state index is 4.35. The van der Waals surface area contributed by atoms with Crippen molar-refractivity contribution in [1.29, 1.82) is 0 Å². The Labute approximate surface area is 122 Å². The van der Waals surface area contributed by atoms with Gasteiger partial charge in [0.25, 0.3) is 0 Å². The molecular formula is C15H16N4S. The van der Waals surface area contributed by atoms with Crippen LogP contribution in [-0.2, 0) is 7.05 Å². The van der Waals surface area contributed by atoms with Crippen molar-refractivity contribution in [2.24, 2.45) is 7.05 Å². The largest absolute Gasteiger partial charge is 0.378 e. The van der Waals surface area contributed by atoms with E-state index in [0.717, 1.165) is 16.3 Å². The number of anilines is 1. The third kappa shape index (κ3) is 2.72. The van der Waals surface area contributed by atoms with Gasteiger partial charge in [-0.05, 0) is 19.1 Å². The van der Waals surface area contributed by atoms with E-state index in [1.54, 1.807) is 11.3 Å². The zero-order valence-corrected chi connectivity index (χ0v) is 12.3. The van der Waals surface area contributed by atoms with Crippen LogP contribution in [0.4, 0.5) is 5.69 Å². The monoisotopic (exact) mass is 284 g/mol. The molecule has 0 saturated heterocycles. The summed E-state index contributed by atoms with van der Waals surface area (Å²) in [5.74, 6) is 0. The predicted octanol–water partition coefficient (Wildman–Crippen LogP) is 3.72. The van der Waals surface area contributed by atoms with E-state index in [2.05, 4.69) is 46.6 Å². The third-order valence-corrected chi connectivity index (χ3v) is 3.97. The van der Waals surface area contributed by atoms with Crippen molar-refractivity contribution in [2.75, 3.05) is 5.32 Å². The van der Waals surface area contributed by atoms with Crippen LogP contribution in [0.1, 0.15) is 18.5 Å². The Morgan fingerprint density at radius 1 is 1.35 bits per heavy atom. The molecule has 0 aliphatic heterocycles. The number of hydrogen-bond donors (Lipinski definition) is 1. The van der Waals surface area contributed by atoms with Crippen LogP contribution in [0.3, 0.4) is 0 Å². The minimum Gasteiger partial charge on any atom is -0.378 e. The van der Waals surface area contributed by atoms with Crippen molar-refractivity contribution < 1.29 is 0 Å². The van der Waals surface area contributed by atoms with Gasteiger partial charge < -0.3 is 5.32 Å². The first-order chi connectivity index (χ1) is 9.72. The van der Waals surface area contributed by atoms with Gasteiger partial charge in [0.1, 0.15) is 5.01 Å². The second-order valence-electron chi connectivity index (χ2n) is 4.73. The second-order valence-corrected chi connectivity index (χ2v) is 5.63. The van der Waals surface area contributed by atoms with Crippen LogP contribution in [-0.4, -0.2) is 14.8 Å². The van der Waals surface area contributed by atoms with Gasteiger partial charge in [-0.3, -0.25) is 4.68 Å². The molecule has 2 heterocycles. The van der Waals surface area contributed by atoms with Gasteiger partial charge in [0.2, 0.25) is 0 Å². The highest BCUT2D eigenvalue weighted by Gasteiger charge is 2.08. The Morgan fingerprint density at radius 3 is 2.95 bits per heavy atom. The summed E-state index contributed by atoms with van der Waals surface area (Å²) in [6.45, 7) is 2.13. The number of hydrogen-bond acceptors (Lipinski definition) is 4. The fourth-order valence-corrected chi connectivity index (χ4v) is 2.74. The molecule has 1 aromatic carbocycles. The fourth-order valence-electron chi connectivity index (χ4n) is 2.11. The minimum absolute atomic E-state index is 0.218. The number of thiazole rings is 1. The average molecular weight is 284 g/mol. The quantitative estimate of drug-likeness (QED) is 0.794. The maximum Gasteiger partial charge on any atom is 0.123 e. The van der Waals surface area contributed by atoms with Gasteiger partial charge in [-0.1, -0.05) is 12.1 Å². The Balaban J connectivity index is 1.79. The molecule has 3 rings (SSSR count). The first-order valence-electron chi connectivity index (χ1n) is 6.47. The number of aryl methyl sites for hydroxylation is 1. The van der Waals surface area contributed by atoms with Crippen molar-refractivity contribution >= 4 is 17.0 Å². The Hall–Kier alpha value is -2.14. The number of rotatable bonds is 4. The zero-order chi connectivity index (χ0) is 13.9.